The molecule has 2 aliphatic rings. The molecule has 13 heteroatoms. The third-order valence-electron chi connectivity index (χ3n) is 4.74. The summed E-state index contributed by atoms with van der Waals surface area (Å²) in [7, 11) is -4.13. The molecule has 1 aromatic heterocycles. The lowest BCUT2D eigenvalue weighted by atomic mass is 10.1. The maximum absolute atomic E-state index is 14.8. The van der Waals surface area contributed by atoms with Gasteiger partial charge in [0.2, 0.25) is 5.72 Å². The molecule has 3 heterocycles. The summed E-state index contributed by atoms with van der Waals surface area (Å²) < 4.78 is 49.5. The van der Waals surface area contributed by atoms with Crippen LogP contribution in [0, 0.1) is 0 Å². The van der Waals surface area contributed by atoms with Crippen LogP contribution >= 0.6 is 7.82 Å². The number of hydrogen-bond acceptors (Lipinski definition) is 9. The molecule has 4 rings (SSSR count). The fraction of sp³-hybridized carbons (Fsp3) is 0.353. The van der Waals surface area contributed by atoms with Crippen molar-refractivity contribution in [1.82, 2.24) is 9.55 Å². The molecular formula is C17H17FN3O8P. The minimum absolute atomic E-state index is 0.0491. The maximum atomic E-state index is 14.8. The van der Waals surface area contributed by atoms with Gasteiger partial charge in [0, 0.05) is 17.8 Å². The number of aromatic amines is 1. The van der Waals surface area contributed by atoms with E-state index < -0.39 is 49.9 Å². The van der Waals surface area contributed by atoms with Gasteiger partial charge in [0.05, 0.1) is 6.61 Å². The van der Waals surface area contributed by atoms with Crippen LogP contribution in [0.4, 0.5) is 4.39 Å². The molecule has 2 N–H and O–H groups in total. The van der Waals surface area contributed by atoms with E-state index in [-0.39, 0.29) is 6.61 Å². The van der Waals surface area contributed by atoms with Crippen molar-refractivity contribution in [3.63, 3.8) is 0 Å². The molecule has 2 aromatic rings. The highest BCUT2D eigenvalue weighted by Crippen LogP contribution is 2.55. The van der Waals surface area contributed by atoms with E-state index in [0.717, 1.165) is 16.8 Å². The average molecular weight is 441 g/mol. The van der Waals surface area contributed by atoms with Gasteiger partial charge in [0.25, 0.3) is 5.56 Å². The number of benzene rings is 1. The first kappa shape index (κ1) is 20.6. The molecule has 0 amide bonds. The largest absolute Gasteiger partial charge is 0.530 e. The van der Waals surface area contributed by atoms with Gasteiger partial charge in [0.1, 0.15) is 18.5 Å². The van der Waals surface area contributed by atoms with Gasteiger partial charge in [0.15, 0.2) is 12.4 Å². The number of fused-ring (bicyclic) bond motifs is 1. The quantitative estimate of drug-likeness (QED) is 0.515. The topological polar surface area (TPSA) is 141 Å². The summed E-state index contributed by atoms with van der Waals surface area (Å²) in [5.41, 5.74) is -3.10. The lowest BCUT2D eigenvalue weighted by molar-refractivity contribution is -0.121. The van der Waals surface area contributed by atoms with E-state index in [2.05, 4.69) is 11.7 Å². The number of para-hydroxylation sites is 1. The van der Waals surface area contributed by atoms with Gasteiger partial charge >= 0.3 is 13.5 Å². The Kier molecular flexibility index (Phi) is 5.20. The lowest BCUT2D eigenvalue weighted by Crippen LogP contribution is -2.44. The van der Waals surface area contributed by atoms with Crippen molar-refractivity contribution in [3.05, 3.63) is 62.9 Å². The molecule has 30 heavy (non-hydrogen) atoms. The van der Waals surface area contributed by atoms with Gasteiger partial charge in [-0.2, -0.15) is 0 Å². The molecule has 1 aromatic carbocycles. The van der Waals surface area contributed by atoms with Gasteiger partial charge in [-0.05, 0) is 12.8 Å². The Labute approximate surface area is 168 Å². The zero-order valence-corrected chi connectivity index (χ0v) is 16.2. The molecule has 0 radical (unpaired) electrons. The fourth-order valence-corrected chi connectivity index (χ4v) is 4.36. The predicted octanol–water partition coefficient (Wildman–Crippen LogP) is 0.895. The van der Waals surface area contributed by atoms with E-state index in [4.69, 9.17) is 18.3 Å². The van der Waals surface area contributed by atoms with Gasteiger partial charge < -0.3 is 14.4 Å². The number of phosphoric ester groups is 1. The Balaban J connectivity index is 1.55. The Morgan fingerprint density at radius 1 is 1.40 bits per heavy atom. The summed E-state index contributed by atoms with van der Waals surface area (Å²) in [5.74, 6) is 0.293. The minimum Gasteiger partial charge on any atom is -0.404 e. The summed E-state index contributed by atoms with van der Waals surface area (Å²) in [6.07, 6.45) is -4.70. The first-order chi connectivity index (χ1) is 14.3. The van der Waals surface area contributed by atoms with Crippen LogP contribution in [0.15, 0.2) is 51.1 Å². The Morgan fingerprint density at radius 3 is 2.90 bits per heavy atom. The molecule has 5 atom stereocenters. The third-order valence-corrected chi connectivity index (χ3v) is 6.06. The van der Waals surface area contributed by atoms with Crippen LogP contribution in [-0.2, 0) is 25.0 Å². The fourth-order valence-electron chi connectivity index (χ4n) is 3.12. The van der Waals surface area contributed by atoms with E-state index in [1.165, 1.54) is 0 Å². The Bertz CT molecular complexity index is 1140. The number of hydrogen-bond donors (Lipinski definition) is 2. The van der Waals surface area contributed by atoms with Crippen molar-refractivity contribution >= 4 is 14.5 Å². The molecule has 1 unspecified atom stereocenters. The normalized spacial score (nSPS) is 32.9. The highest BCUT2D eigenvalue weighted by Gasteiger charge is 2.57. The van der Waals surface area contributed by atoms with Gasteiger partial charge in [-0.1, -0.05) is 18.2 Å². The van der Waals surface area contributed by atoms with Gasteiger partial charge in [-0.3, -0.25) is 28.4 Å². The number of rotatable bonds is 5. The van der Waals surface area contributed by atoms with Crippen LogP contribution in [0.5, 0.6) is 5.75 Å². The molecule has 1 saturated heterocycles. The van der Waals surface area contributed by atoms with Crippen molar-refractivity contribution in [2.75, 3.05) is 6.61 Å². The average Bonchev–Trinajstić information content (AvgIpc) is 2.98. The molecule has 0 aliphatic carbocycles. The van der Waals surface area contributed by atoms with Crippen LogP contribution in [0.1, 0.15) is 11.8 Å². The molecule has 2 aliphatic heterocycles. The molecule has 0 saturated carbocycles. The molecule has 1 fully saturated rings. The molecule has 0 bridgehead atoms. The zero-order valence-electron chi connectivity index (χ0n) is 15.3. The molecule has 11 nitrogen and oxygen atoms in total. The second kappa shape index (κ2) is 7.56. The number of aliphatic hydroxyl groups excluding tert-OH is 1. The first-order valence-electron chi connectivity index (χ1n) is 8.73. The predicted molar refractivity (Wildman–Crippen MR) is 100 cm³/mol. The number of phosphoric acid groups is 1. The van der Waals surface area contributed by atoms with Crippen molar-refractivity contribution in [2.24, 2.45) is 4.99 Å². The zero-order chi connectivity index (χ0) is 21.5. The number of nitrogens with zero attached hydrogens (tertiary/aromatic N) is 2. The van der Waals surface area contributed by atoms with Crippen molar-refractivity contribution in [1.29, 1.82) is 0 Å². The first-order valence-corrected chi connectivity index (χ1v) is 10.2. The van der Waals surface area contributed by atoms with Crippen LogP contribution in [0.3, 0.4) is 0 Å². The summed E-state index contributed by atoms with van der Waals surface area (Å²) in [5, 5.41) is 10.4. The maximum Gasteiger partial charge on any atom is 0.530 e. The van der Waals surface area contributed by atoms with Gasteiger partial charge in [-0.25, -0.2) is 13.8 Å². The number of aromatic nitrogens is 2. The number of nitrogens with one attached hydrogen (secondary N) is 1. The highest BCUT2D eigenvalue weighted by atomic mass is 31.2. The minimum atomic E-state index is -4.13. The number of aliphatic imine (C=N–C) groups is 1. The number of ether oxygens (including phenoxy) is 1. The van der Waals surface area contributed by atoms with E-state index >= 15 is 0 Å². The Morgan fingerprint density at radius 2 is 2.17 bits per heavy atom. The third kappa shape index (κ3) is 3.53. The molecular weight excluding hydrogens is 424 g/mol. The number of halogens is 1. The summed E-state index contributed by atoms with van der Waals surface area (Å²) in [6.45, 7) is 2.50. The number of aliphatic hydroxyl groups is 1. The van der Waals surface area contributed by atoms with Crippen molar-refractivity contribution in [2.45, 2.75) is 30.8 Å². The standard InChI is InChI=1S/C17H17FN3O8P/c1-19-17(9-27-30(25)26-8-10-4-2-3-5-11(10)29-30)14(23)13(18)15(28-17)21-7-6-12(22)20-16(21)24/h2-7,13-15,23H,1,8-9H2,(H,20,22,24)/t13-,14+,15-,17-,30?/m1/s1. The van der Waals surface area contributed by atoms with E-state index in [9.17, 15) is 23.7 Å². The number of alkyl halides is 1. The van der Waals surface area contributed by atoms with E-state index in [0.29, 0.717) is 11.3 Å². The van der Waals surface area contributed by atoms with E-state index in [1.54, 1.807) is 24.3 Å². The van der Waals surface area contributed by atoms with E-state index in [1.807, 2.05) is 4.98 Å². The monoisotopic (exact) mass is 441 g/mol. The number of H-pyrrole nitrogens is 1. The second-order valence-electron chi connectivity index (χ2n) is 6.61. The van der Waals surface area contributed by atoms with Crippen LogP contribution in [0.25, 0.3) is 0 Å². The van der Waals surface area contributed by atoms with Crippen LogP contribution in [-0.4, -0.2) is 46.0 Å². The second-order valence-corrected chi connectivity index (χ2v) is 8.20. The van der Waals surface area contributed by atoms with Crippen LogP contribution < -0.4 is 15.8 Å². The SMILES string of the molecule is C=N[C@]1(COP2(=O)OCc3ccccc3O2)O[C@@H](n2ccc(=O)[nH]c2=O)[C@H](F)[C@@H]1O. The summed E-state index contributed by atoms with van der Waals surface area (Å²) >= 11 is 0. The van der Waals surface area contributed by atoms with Crippen LogP contribution in [0.2, 0.25) is 0 Å². The lowest BCUT2D eigenvalue weighted by Gasteiger charge is -2.30. The smallest absolute Gasteiger partial charge is 0.404 e. The summed E-state index contributed by atoms with van der Waals surface area (Å²) in [6, 6.07) is 7.71. The molecule has 160 valence electrons. The van der Waals surface area contributed by atoms with Gasteiger partial charge in [-0.15, -0.1) is 0 Å². The molecule has 0 spiro atoms. The van der Waals surface area contributed by atoms with Crippen molar-refractivity contribution in [3.8, 4) is 5.75 Å². The van der Waals surface area contributed by atoms with Crippen molar-refractivity contribution < 1.29 is 32.4 Å². The Hall–Kier alpha value is -2.63. The highest BCUT2D eigenvalue weighted by molar-refractivity contribution is 7.49. The summed E-state index contributed by atoms with van der Waals surface area (Å²) in [4.78, 5) is 28.8.